The summed E-state index contributed by atoms with van der Waals surface area (Å²) in [6.45, 7) is 2.07. The summed E-state index contributed by atoms with van der Waals surface area (Å²) in [4.78, 5) is 20.8. The number of aromatic nitrogens is 3. The van der Waals surface area contributed by atoms with Gasteiger partial charge in [0.1, 0.15) is 5.69 Å². The highest BCUT2D eigenvalue weighted by molar-refractivity contribution is 9.10. The van der Waals surface area contributed by atoms with Crippen molar-refractivity contribution in [1.29, 1.82) is 0 Å². The Morgan fingerprint density at radius 1 is 1.38 bits per heavy atom. The highest BCUT2D eigenvalue weighted by atomic mass is 79.9. The van der Waals surface area contributed by atoms with Crippen molar-refractivity contribution >= 4 is 27.5 Å². The molecule has 0 aliphatic carbocycles. The first-order valence-corrected chi connectivity index (χ1v) is 7.26. The predicted octanol–water partition coefficient (Wildman–Crippen LogP) is 3.34. The molecule has 0 N–H and O–H groups in total. The van der Waals surface area contributed by atoms with Crippen LogP contribution in [0.25, 0.3) is 16.9 Å². The second kappa shape index (κ2) is 5.65. The Morgan fingerprint density at radius 2 is 2.24 bits per heavy atom. The molecule has 106 valence electrons. The van der Waals surface area contributed by atoms with Crippen LogP contribution < -0.4 is 0 Å². The Balaban J connectivity index is 2.22. The molecule has 0 saturated carbocycles. The van der Waals surface area contributed by atoms with E-state index in [0.717, 1.165) is 10.0 Å². The van der Waals surface area contributed by atoms with Gasteiger partial charge in [-0.2, -0.15) is 0 Å². The van der Waals surface area contributed by atoms with Crippen molar-refractivity contribution < 1.29 is 9.53 Å². The van der Waals surface area contributed by atoms with Gasteiger partial charge in [-0.15, -0.1) is 0 Å². The largest absolute Gasteiger partial charge is 0.460 e. The first-order valence-electron chi connectivity index (χ1n) is 6.47. The molecule has 0 bridgehead atoms. The molecule has 21 heavy (non-hydrogen) atoms. The lowest BCUT2D eigenvalue weighted by Gasteiger charge is -1.99. The van der Waals surface area contributed by atoms with Crippen LogP contribution >= 0.6 is 15.9 Å². The molecule has 2 heterocycles. The smallest absolute Gasteiger partial charge is 0.374 e. The van der Waals surface area contributed by atoms with Crippen molar-refractivity contribution in [1.82, 2.24) is 14.4 Å². The Hall–Kier alpha value is -2.21. The number of hydrogen-bond donors (Lipinski definition) is 0. The van der Waals surface area contributed by atoms with Crippen molar-refractivity contribution in [3.63, 3.8) is 0 Å². The van der Waals surface area contributed by atoms with Crippen molar-refractivity contribution in [3.8, 4) is 11.3 Å². The van der Waals surface area contributed by atoms with Gasteiger partial charge in [-0.25, -0.2) is 14.8 Å². The molecule has 0 fully saturated rings. The molecule has 6 heteroatoms. The summed E-state index contributed by atoms with van der Waals surface area (Å²) < 4.78 is 7.64. The molecule has 0 aliphatic heterocycles. The van der Waals surface area contributed by atoms with Gasteiger partial charge in [0.15, 0.2) is 5.65 Å². The quantitative estimate of drug-likeness (QED) is 0.683. The van der Waals surface area contributed by atoms with Gasteiger partial charge in [0.05, 0.1) is 6.61 Å². The molecule has 3 rings (SSSR count). The molecule has 0 unspecified atom stereocenters. The fourth-order valence-corrected chi connectivity index (χ4v) is 2.50. The molecule has 5 nitrogen and oxygen atoms in total. The average molecular weight is 346 g/mol. The molecular formula is C15H12BrN3O2. The summed E-state index contributed by atoms with van der Waals surface area (Å²) in [5.74, 6) is -0.225. The number of fused-ring (bicyclic) bond motifs is 1. The number of ether oxygens (including phenoxy) is 1. The Morgan fingerprint density at radius 3 is 3.00 bits per heavy atom. The van der Waals surface area contributed by atoms with Crippen molar-refractivity contribution in [2.75, 3.05) is 6.61 Å². The van der Waals surface area contributed by atoms with E-state index in [1.165, 1.54) is 0 Å². The summed E-state index contributed by atoms with van der Waals surface area (Å²) in [5, 5.41) is 0. The summed E-state index contributed by atoms with van der Waals surface area (Å²) in [6, 6.07) is 9.46. The minimum absolute atomic E-state index is 0.231. The minimum atomic E-state index is -0.457. The van der Waals surface area contributed by atoms with Crippen LogP contribution in [0.1, 0.15) is 17.5 Å². The molecule has 0 atom stereocenters. The molecule has 2 aromatic heterocycles. The molecule has 0 radical (unpaired) electrons. The molecule has 0 amide bonds. The maximum Gasteiger partial charge on any atom is 0.374 e. The first kappa shape index (κ1) is 13.8. The lowest BCUT2D eigenvalue weighted by Crippen LogP contribution is -2.09. The van der Waals surface area contributed by atoms with Crippen LogP contribution in [0.4, 0.5) is 0 Å². The van der Waals surface area contributed by atoms with E-state index in [-0.39, 0.29) is 5.82 Å². The molecule has 0 saturated heterocycles. The van der Waals surface area contributed by atoms with Crippen LogP contribution in [0.5, 0.6) is 0 Å². The SMILES string of the molecule is CCOC(=O)c1nc(-c2cccc(Br)c2)c2ncccn12. The van der Waals surface area contributed by atoms with Crippen LogP contribution in [0.3, 0.4) is 0 Å². The second-order valence-electron chi connectivity index (χ2n) is 4.33. The highest BCUT2D eigenvalue weighted by Crippen LogP contribution is 2.26. The third-order valence-electron chi connectivity index (χ3n) is 2.96. The number of halogens is 1. The Bertz CT molecular complexity index is 814. The predicted molar refractivity (Wildman–Crippen MR) is 82.1 cm³/mol. The van der Waals surface area contributed by atoms with Crippen molar-refractivity contribution in [3.05, 3.63) is 53.0 Å². The Labute approximate surface area is 129 Å². The van der Waals surface area contributed by atoms with Gasteiger partial charge in [-0.1, -0.05) is 28.1 Å². The number of esters is 1. The molecule has 3 aromatic rings. The highest BCUT2D eigenvalue weighted by Gasteiger charge is 2.19. The van der Waals surface area contributed by atoms with E-state index in [1.54, 1.807) is 29.8 Å². The zero-order valence-electron chi connectivity index (χ0n) is 11.3. The van der Waals surface area contributed by atoms with Crippen LogP contribution in [0.2, 0.25) is 0 Å². The van der Waals surface area contributed by atoms with Crippen molar-refractivity contribution in [2.45, 2.75) is 6.92 Å². The standard InChI is InChI=1S/C15H12BrN3O2/c1-2-21-15(20)14-18-12(10-5-3-6-11(16)9-10)13-17-7-4-8-19(13)14/h3-9H,2H2,1H3. The van der Waals surface area contributed by atoms with Gasteiger partial charge in [0, 0.05) is 22.4 Å². The topological polar surface area (TPSA) is 56.5 Å². The van der Waals surface area contributed by atoms with Gasteiger partial charge in [0.25, 0.3) is 0 Å². The first-order chi connectivity index (χ1) is 10.2. The van der Waals surface area contributed by atoms with E-state index < -0.39 is 5.97 Å². The zero-order valence-corrected chi connectivity index (χ0v) is 12.9. The third kappa shape index (κ3) is 2.54. The number of imidazole rings is 1. The van der Waals surface area contributed by atoms with E-state index in [1.807, 2.05) is 24.3 Å². The van der Waals surface area contributed by atoms with Crippen LogP contribution in [0, 0.1) is 0 Å². The third-order valence-corrected chi connectivity index (χ3v) is 3.45. The van der Waals surface area contributed by atoms with Gasteiger partial charge in [0.2, 0.25) is 5.82 Å². The Kier molecular flexibility index (Phi) is 3.70. The summed E-state index contributed by atoms with van der Waals surface area (Å²) >= 11 is 3.44. The van der Waals surface area contributed by atoms with E-state index in [9.17, 15) is 4.79 Å². The van der Waals surface area contributed by atoms with Gasteiger partial charge < -0.3 is 4.74 Å². The number of benzene rings is 1. The van der Waals surface area contributed by atoms with E-state index >= 15 is 0 Å². The number of carbonyl (C=O) groups excluding carboxylic acids is 1. The molecule has 0 aliphatic rings. The average Bonchev–Trinajstić information content (AvgIpc) is 2.87. The number of rotatable bonds is 3. The van der Waals surface area contributed by atoms with Crippen molar-refractivity contribution in [2.24, 2.45) is 0 Å². The van der Waals surface area contributed by atoms with E-state index in [0.29, 0.717) is 17.9 Å². The normalized spacial score (nSPS) is 10.8. The molecular weight excluding hydrogens is 334 g/mol. The number of hydrogen-bond acceptors (Lipinski definition) is 4. The fraction of sp³-hybridized carbons (Fsp3) is 0.133. The maximum absolute atomic E-state index is 12.0. The van der Waals surface area contributed by atoms with E-state index in [4.69, 9.17) is 4.74 Å². The van der Waals surface area contributed by atoms with Gasteiger partial charge >= 0.3 is 5.97 Å². The molecule has 0 spiro atoms. The van der Waals surface area contributed by atoms with Gasteiger partial charge in [-0.05, 0) is 25.1 Å². The van der Waals surface area contributed by atoms with Crippen LogP contribution in [0.15, 0.2) is 47.2 Å². The zero-order chi connectivity index (χ0) is 14.8. The number of nitrogens with zero attached hydrogens (tertiary/aromatic N) is 3. The number of carbonyl (C=O) groups is 1. The lowest BCUT2D eigenvalue weighted by molar-refractivity contribution is 0.0511. The minimum Gasteiger partial charge on any atom is -0.460 e. The van der Waals surface area contributed by atoms with E-state index in [2.05, 4.69) is 25.9 Å². The summed E-state index contributed by atoms with van der Waals surface area (Å²) in [6.07, 6.45) is 3.43. The fourth-order valence-electron chi connectivity index (χ4n) is 2.10. The summed E-state index contributed by atoms with van der Waals surface area (Å²) in [7, 11) is 0. The second-order valence-corrected chi connectivity index (χ2v) is 5.24. The summed E-state index contributed by atoms with van der Waals surface area (Å²) in [5.41, 5.74) is 2.16. The van der Waals surface area contributed by atoms with Crippen LogP contribution in [-0.2, 0) is 4.74 Å². The maximum atomic E-state index is 12.0. The van der Waals surface area contributed by atoms with Crippen LogP contribution in [-0.4, -0.2) is 26.9 Å². The monoisotopic (exact) mass is 345 g/mol. The van der Waals surface area contributed by atoms with Gasteiger partial charge in [-0.3, -0.25) is 4.40 Å². The lowest BCUT2D eigenvalue weighted by atomic mass is 10.2. The molecule has 1 aromatic carbocycles.